The first-order valence-corrected chi connectivity index (χ1v) is 7.58. The Hall–Kier alpha value is -1.42. The summed E-state index contributed by atoms with van der Waals surface area (Å²) in [4.78, 5) is 10.3. The normalized spacial score (nSPS) is 12.3. The maximum Gasteiger partial charge on any atom is 0.269 e. The summed E-state index contributed by atoms with van der Waals surface area (Å²) in [6.45, 7) is 2.23. The van der Waals surface area contributed by atoms with Gasteiger partial charge in [0.15, 0.2) is 0 Å². The molecule has 1 aromatic carbocycles. The Kier molecular flexibility index (Phi) is 7.88. The predicted molar refractivity (Wildman–Crippen MR) is 83.0 cm³/mol. The van der Waals surface area contributed by atoms with Crippen LogP contribution in [0.1, 0.15) is 51.0 Å². The van der Waals surface area contributed by atoms with E-state index in [9.17, 15) is 10.1 Å². The van der Waals surface area contributed by atoms with Gasteiger partial charge in [0.2, 0.25) is 0 Å². The molecule has 0 fully saturated rings. The standard InChI is InChI=1S/C16H26N2O2/c1-3-4-5-6-7-8-15(17-2)13-14-9-11-16(12-10-14)18(19)20/h9-12,15,17H,3-8,13H2,1-2H3. The van der Waals surface area contributed by atoms with E-state index in [1.165, 1.54) is 32.1 Å². The van der Waals surface area contributed by atoms with Crippen molar-refractivity contribution in [2.24, 2.45) is 0 Å². The second kappa shape index (κ2) is 9.48. The monoisotopic (exact) mass is 278 g/mol. The molecule has 0 radical (unpaired) electrons. The SMILES string of the molecule is CCCCCCCC(Cc1ccc([N+](=O)[O-])cc1)NC. The van der Waals surface area contributed by atoms with Crippen molar-refractivity contribution in [1.29, 1.82) is 0 Å². The van der Waals surface area contributed by atoms with Crippen LogP contribution in [-0.4, -0.2) is 18.0 Å². The fourth-order valence-electron chi connectivity index (χ4n) is 2.38. The third-order valence-electron chi connectivity index (χ3n) is 3.69. The van der Waals surface area contributed by atoms with Gasteiger partial charge < -0.3 is 5.32 Å². The molecule has 0 aliphatic carbocycles. The molecule has 1 aromatic rings. The van der Waals surface area contributed by atoms with Crippen molar-refractivity contribution in [3.8, 4) is 0 Å². The van der Waals surface area contributed by atoms with Crippen molar-refractivity contribution >= 4 is 5.69 Å². The molecule has 0 spiro atoms. The average molecular weight is 278 g/mol. The van der Waals surface area contributed by atoms with Crippen LogP contribution in [-0.2, 0) is 6.42 Å². The van der Waals surface area contributed by atoms with E-state index in [-0.39, 0.29) is 10.6 Å². The third-order valence-corrected chi connectivity index (χ3v) is 3.69. The number of unbranched alkanes of at least 4 members (excludes halogenated alkanes) is 4. The van der Waals surface area contributed by atoms with Crippen molar-refractivity contribution in [3.63, 3.8) is 0 Å². The smallest absolute Gasteiger partial charge is 0.269 e. The minimum atomic E-state index is -0.354. The Balaban J connectivity index is 2.37. The number of nitro groups is 1. The maximum atomic E-state index is 10.6. The number of hydrogen-bond donors (Lipinski definition) is 1. The molecule has 4 nitrogen and oxygen atoms in total. The van der Waals surface area contributed by atoms with E-state index in [0.29, 0.717) is 6.04 Å². The molecule has 0 aromatic heterocycles. The topological polar surface area (TPSA) is 55.2 Å². The zero-order valence-corrected chi connectivity index (χ0v) is 12.6. The Morgan fingerprint density at radius 2 is 1.80 bits per heavy atom. The molecule has 112 valence electrons. The van der Waals surface area contributed by atoms with Crippen LogP contribution in [0, 0.1) is 10.1 Å². The molecule has 0 bridgehead atoms. The van der Waals surface area contributed by atoms with Gasteiger partial charge >= 0.3 is 0 Å². The number of nitrogens with zero attached hydrogens (tertiary/aromatic N) is 1. The fourth-order valence-corrected chi connectivity index (χ4v) is 2.38. The van der Waals surface area contributed by atoms with Crippen LogP contribution in [0.3, 0.4) is 0 Å². The lowest BCUT2D eigenvalue weighted by Gasteiger charge is -2.16. The molecule has 1 atom stereocenters. The molecule has 4 heteroatoms. The van der Waals surface area contributed by atoms with Gasteiger partial charge in [-0.05, 0) is 25.5 Å². The molecular weight excluding hydrogens is 252 g/mol. The molecule has 0 saturated heterocycles. The van der Waals surface area contributed by atoms with Crippen molar-refractivity contribution in [1.82, 2.24) is 5.32 Å². The van der Waals surface area contributed by atoms with E-state index in [2.05, 4.69) is 12.2 Å². The minimum absolute atomic E-state index is 0.161. The zero-order valence-electron chi connectivity index (χ0n) is 12.6. The van der Waals surface area contributed by atoms with Crippen LogP contribution in [0.15, 0.2) is 24.3 Å². The number of non-ortho nitro benzene ring substituents is 1. The number of likely N-dealkylation sites (N-methyl/N-ethyl adjacent to an activating group) is 1. The summed E-state index contributed by atoms with van der Waals surface area (Å²) in [6.07, 6.45) is 8.57. The Bertz CT molecular complexity index is 390. The van der Waals surface area contributed by atoms with Gasteiger partial charge in [0.05, 0.1) is 4.92 Å². The van der Waals surface area contributed by atoms with Crippen LogP contribution in [0.25, 0.3) is 0 Å². The lowest BCUT2D eigenvalue weighted by atomic mass is 10.00. The van der Waals surface area contributed by atoms with Gasteiger partial charge in [-0.3, -0.25) is 10.1 Å². The lowest BCUT2D eigenvalue weighted by molar-refractivity contribution is -0.384. The first kappa shape index (κ1) is 16.6. The van der Waals surface area contributed by atoms with Crippen LogP contribution in [0.2, 0.25) is 0 Å². The number of nitro benzene ring substituents is 1. The first-order valence-electron chi connectivity index (χ1n) is 7.58. The van der Waals surface area contributed by atoms with Crippen molar-refractivity contribution in [2.45, 2.75) is 57.9 Å². The average Bonchev–Trinajstić information content (AvgIpc) is 2.46. The quantitative estimate of drug-likeness (QED) is 0.398. The van der Waals surface area contributed by atoms with E-state index in [4.69, 9.17) is 0 Å². The van der Waals surface area contributed by atoms with E-state index in [1.807, 2.05) is 19.2 Å². The molecule has 0 amide bonds. The van der Waals surface area contributed by atoms with Crippen LogP contribution in [0.4, 0.5) is 5.69 Å². The summed E-state index contributed by atoms with van der Waals surface area (Å²) >= 11 is 0. The molecule has 1 rings (SSSR count). The molecule has 1 N–H and O–H groups in total. The van der Waals surface area contributed by atoms with E-state index in [1.54, 1.807) is 12.1 Å². The second-order valence-electron chi connectivity index (χ2n) is 5.32. The molecular formula is C16H26N2O2. The van der Waals surface area contributed by atoms with Crippen LogP contribution >= 0.6 is 0 Å². The number of benzene rings is 1. The summed E-state index contributed by atoms with van der Waals surface area (Å²) < 4.78 is 0. The van der Waals surface area contributed by atoms with Crippen molar-refractivity contribution < 1.29 is 4.92 Å². The van der Waals surface area contributed by atoms with Crippen LogP contribution in [0.5, 0.6) is 0 Å². The van der Waals surface area contributed by atoms with E-state index < -0.39 is 0 Å². The molecule has 0 saturated carbocycles. The highest BCUT2D eigenvalue weighted by Gasteiger charge is 2.09. The highest BCUT2D eigenvalue weighted by Crippen LogP contribution is 2.15. The van der Waals surface area contributed by atoms with Crippen LogP contribution < -0.4 is 5.32 Å². The molecule has 20 heavy (non-hydrogen) atoms. The van der Waals surface area contributed by atoms with Crippen molar-refractivity contribution in [3.05, 3.63) is 39.9 Å². The zero-order chi connectivity index (χ0) is 14.8. The third kappa shape index (κ3) is 6.15. The highest BCUT2D eigenvalue weighted by atomic mass is 16.6. The summed E-state index contributed by atoms with van der Waals surface area (Å²) in [6, 6.07) is 7.35. The van der Waals surface area contributed by atoms with Gasteiger partial charge in [0.1, 0.15) is 0 Å². The molecule has 0 heterocycles. The molecule has 1 unspecified atom stereocenters. The molecule has 0 aliphatic heterocycles. The Morgan fingerprint density at radius 1 is 1.15 bits per heavy atom. The lowest BCUT2D eigenvalue weighted by Crippen LogP contribution is -2.27. The van der Waals surface area contributed by atoms with E-state index in [0.717, 1.165) is 18.4 Å². The van der Waals surface area contributed by atoms with Gasteiger partial charge in [-0.15, -0.1) is 0 Å². The second-order valence-corrected chi connectivity index (χ2v) is 5.32. The summed E-state index contributed by atoms with van der Waals surface area (Å²) in [5.74, 6) is 0. The summed E-state index contributed by atoms with van der Waals surface area (Å²) in [7, 11) is 1.99. The Morgan fingerprint density at radius 3 is 2.35 bits per heavy atom. The fraction of sp³-hybridized carbons (Fsp3) is 0.625. The minimum Gasteiger partial charge on any atom is -0.317 e. The largest absolute Gasteiger partial charge is 0.317 e. The predicted octanol–water partition coefficient (Wildman–Crippen LogP) is 4.09. The summed E-state index contributed by atoms with van der Waals surface area (Å²) in [5.41, 5.74) is 1.32. The van der Waals surface area contributed by atoms with Gasteiger partial charge in [0.25, 0.3) is 5.69 Å². The van der Waals surface area contributed by atoms with E-state index >= 15 is 0 Å². The van der Waals surface area contributed by atoms with Gasteiger partial charge in [-0.2, -0.15) is 0 Å². The van der Waals surface area contributed by atoms with Crippen molar-refractivity contribution in [2.75, 3.05) is 7.05 Å². The highest BCUT2D eigenvalue weighted by molar-refractivity contribution is 5.33. The van der Waals surface area contributed by atoms with Gasteiger partial charge in [-0.1, -0.05) is 51.2 Å². The maximum absolute atomic E-state index is 10.6. The number of rotatable bonds is 10. The Labute approximate surface area is 121 Å². The molecule has 0 aliphatic rings. The summed E-state index contributed by atoms with van der Waals surface area (Å²) in [5, 5.41) is 14.0. The number of hydrogen-bond acceptors (Lipinski definition) is 3. The number of nitrogens with one attached hydrogen (secondary N) is 1. The van der Waals surface area contributed by atoms with Gasteiger partial charge in [0, 0.05) is 18.2 Å². The van der Waals surface area contributed by atoms with Gasteiger partial charge in [-0.25, -0.2) is 0 Å². The first-order chi connectivity index (χ1) is 9.67.